The van der Waals surface area contributed by atoms with Gasteiger partial charge in [-0.05, 0) is 30.2 Å². The number of nitrogens with one attached hydrogen (secondary N) is 1. The van der Waals surface area contributed by atoms with Gasteiger partial charge in [-0.1, -0.05) is 63.9 Å². The molecule has 0 amide bonds. The monoisotopic (exact) mass is 352 g/mol. The molecule has 2 unspecified atom stereocenters. The first-order valence-corrected chi connectivity index (χ1v) is 7.75. The minimum Gasteiger partial charge on any atom is -0.329 e. The molecule has 0 bridgehead atoms. The van der Waals surface area contributed by atoms with Crippen LogP contribution >= 0.6 is 27.5 Å². The minimum atomic E-state index is 0.0804. The van der Waals surface area contributed by atoms with Crippen LogP contribution in [0, 0.1) is 0 Å². The van der Waals surface area contributed by atoms with Gasteiger partial charge in [0.2, 0.25) is 0 Å². The largest absolute Gasteiger partial charge is 0.329 e. The molecular formula is C16H18BrClN2. The molecule has 3 N–H and O–H groups in total. The minimum absolute atomic E-state index is 0.0804. The fourth-order valence-electron chi connectivity index (χ4n) is 2.21. The van der Waals surface area contributed by atoms with Gasteiger partial charge < -0.3 is 11.1 Å². The lowest BCUT2D eigenvalue weighted by Crippen LogP contribution is -2.30. The second kappa shape index (κ2) is 7.23. The zero-order valence-corrected chi connectivity index (χ0v) is 13.7. The molecule has 2 aromatic rings. The van der Waals surface area contributed by atoms with Crippen LogP contribution in [0.2, 0.25) is 5.02 Å². The molecule has 0 spiro atoms. The summed E-state index contributed by atoms with van der Waals surface area (Å²) in [6, 6.07) is 16.4. The molecule has 2 atom stereocenters. The highest BCUT2D eigenvalue weighted by atomic mass is 79.9. The first kappa shape index (κ1) is 15.5. The molecule has 0 radical (unpaired) electrons. The van der Waals surface area contributed by atoms with Crippen LogP contribution in [0.1, 0.15) is 30.1 Å². The Morgan fingerprint density at radius 3 is 2.50 bits per heavy atom. The standard InChI is InChI=1S/C16H18BrClN2/c1-11(12-5-3-2-4-6-12)20-16(10-19)14-8-7-13(18)9-15(14)17/h2-9,11,16,20H,10,19H2,1H3. The Morgan fingerprint density at radius 1 is 1.20 bits per heavy atom. The van der Waals surface area contributed by atoms with Crippen molar-refractivity contribution in [1.29, 1.82) is 0 Å². The highest BCUT2D eigenvalue weighted by Gasteiger charge is 2.16. The van der Waals surface area contributed by atoms with Gasteiger partial charge in [0.15, 0.2) is 0 Å². The topological polar surface area (TPSA) is 38.0 Å². The third kappa shape index (κ3) is 3.83. The molecular weight excluding hydrogens is 336 g/mol. The molecule has 4 heteroatoms. The van der Waals surface area contributed by atoms with E-state index in [-0.39, 0.29) is 12.1 Å². The zero-order valence-electron chi connectivity index (χ0n) is 11.3. The summed E-state index contributed by atoms with van der Waals surface area (Å²) in [5.74, 6) is 0. The van der Waals surface area contributed by atoms with Gasteiger partial charge in [-0.25, -0.2) is 0 Å². The van der Waals surface area contributed by atoms with Crippen molar-refractivity contribution in [1.82, 2.24) is 5.32 Å². The van der Waals surface area contributed by atoms with Crippen molar-refractivity contribution in [2.75, 3.05) is 6.54 Å². The van der Waals surface area contributed by atoms with Crippen molar-refractivity contribution >= 4 is 27.5 Å². The van der Waals surface area contributed by atoms with Crippen molar-refractivity contribution in [2.24, 2.45) is 5.73 Å². The average Bonchev–Trinajstić information content (AvgIpc) is 2.46. The Balaban J connectivity index is 2.17. The van der Waals surface area contributed by atoms with E-state index >= 15 is 0 Å². The number of halogens is 2. The van der Waals surface area contributed by atoms with Gasteiger partial charge in [0.1, 0.15) is 0 Å². The van der Waals surface area contributed by atoms with Crippen LogP contribution in [0.25, 0.3) is 0 Å². The maximum Gasteiger partial charge on any atom is 0.0460 e. The smallest absolute Gasteiger partial charge is 0.0460 e. The molecule has 0 aromatic heterocycles. The summed E-state index contributed by atoms with van der Waals surface area (Å²) in [6.07, 6.45) is 0. The van der Waals surface area contributed by atoms with E-state index in [0.29, 0.717) is 11.6 Å². The zero-order chi connectivity index (χ0) is 14.5. The van der Waals surface area contributed by atoms with Gasteiger partial charge in [-0.15, -0.1) is 0 Å². The number of hydrogen-bond donors (Lipinski definition) is 2. The van der Waals surface area contributed by atoms with Crippen LogP contribution in [0.15, 0.2) is 53.0 Å². The Morgan fingerprint density at radius 2 is 1.90 bits per heavy atom. The van der Waals surface area contributed by atoms with E-state index in [2.05, 4.69) is 40.3 Å². The van der Waals surface area contributed by atoms with Crippen LogP contribution in [-0.4, -0.2) is 6.54 Å². The Bertz CT molecular complexity index is 560. The number of rotatable bonds is 5. The molecule has 0 aliphatic rings. The Hall–Kier alpha value is -0.870. The van der Waals surface area contributed by atoms with Crippen molar-refractivity contribution in [3.63, 3.8) is 0 Å². The predicted octanol–water partition coefficient (Wildman–Crippen LogP) is 4.45. The molecule has 20 heavy (non-hydrogen) atoms. The summed E-state index contributed by atoms with van der Waals surface area (Å²) in [7, 11) is 0. The van der Waals surface area contributed by atoms with E-state index in [1.54, 1.807) is 0 Å². The van der Waals surface area contributed by atoms with Crippen LogP contribution in [0.4, 0.5) is 0 Å². The molecule has 0 aliphatic carbocycles. The highest BCUT2D eigenvalue weighted by Crippen LogP contribution is 2.28. The SMILES string of the molecule is CC(NC(CN)c1ccc(Cl)cc1Br)c1ccccc1. The molecule has 0 saturated heterocycles. The van der Waals surface area contributed by atoms with Crippen LogP contribution in [0.5, 0.6) is 0 Å². The molecule has 2 nitrogen and oxygen atoms in total. The van der Waals surface area contributed by atoms with E-state index in [1.807, 2.05) is 36.4 Å². The third-order valence-electron chi connectivity index (χ3n) is 3.32. The van der Waals surface area contributed by atoms with Crippen molar-refractivity contribution in [3.05, 3.63) is 69.2 Å². The summed E-state index contributed by atoms with van der Waals surface area (Å²) >= 11 is 9.54. The highest BCUT2D eigenvalue weighted by molar-refractivity contribution is 9.10. The molecule has 0 aliphatic heterocycles. The molecule has 2 rings (SSSR count). The summed E-state index contributed by atoms with van der Waals surface area (Å²) in [5, 5.41) is 4.28. The van der Waals surface area contributed by atoms with E-state index in [0.717, 1.165) is 10.0 Å². The summed E-state index contributed by atoms with van der Waals surface area (Å²) in [4.78, 5) is 0. The fourth-order valence-corrected chi connectivity index (χ4v) is 3.17. The molecule has 2 aromatic carbocycles. The van der Waals surface area contributed by atoms with E-state index < -0.39 is 0 Å². The maximum atomic E-state index is 5.98. The first-order valence-electron chi connectivity index (χ1n) is 6.58. The molecule has 0 heterocycles. The fraction of sp³-hybridized carbons (Fsp3) is 0.250. The normalized spacial score (nSPS) is 14.0. The second-order valence-corrected chi connectivity index (χ2v) is 6.04. The van der Waals surface area contributed by atoms with Crippen molar-refractivity contribution < 1.29 is 0 Å². The quantitative estimate of drug-likeness (QED) is 0.833. The van der Waals surface area contributed by atoms with Crippen LogP contribution < -0.4 is 11.1 Å². The molecule has 0 saturated carbocycles. The first-order chi connectivity index (χ1) is 9.61. The molecule has 0 fully saturated rings. The Kier molecular flexibility index (Phi) is 5.61. The van der Waals surface area contributed by atoms with Gasteiger partial charge in [0, 0.05) is 28.1 Å². The van der Waals surface area contributed by atoms with Gasteiger partial charge in [0.25, 0.3) is 0 Å². The summed E-state index contributed by atoms with van der Waals surface area (Å²) < 4.78 is 0.980. The van der Waals surface area contributed by atoms with Gasteiger partial charge in [-0.3, -0.25) is 0 Å². The lowest BCUT2D eigenvalue weighted by atomic mass is 10.0. The van der Waals surface area contributed by atoms with Gasteiger partial charge in [-0.2, -0.15) is 0 Å². The lowest BCUT2D eigenvalue weighted by Gasteiger charge is -2.24. The number of benzene rings is 2. The van der Waals surface area contributed by atoms with E-state index in [1.165, 1.54) is 5.56 Å². The van der Waals surface area contributed by atoms with Crippen LogP contribution in [-0.2, 0) is 0 Å². The predicted molar refractivity (Wildman–Crippen MR) is 88.9 cm³/mol. The summed E-state index contributed by atoms with van der Waals surface area (Å²) in [6.45, 7) is 2.67. The lowest BCUT2D eigenvalue weighted by molar-refractivity contribution is 0.472. The van der Waals surface area contributed by atoms with Crippen molar-refractivity contribution in [3.8, 4) is 0 Å². The van der Waals surface area contributed by atoms with Gasteiger partial charge in [0.05, 0.1) is 0 Å². The number of nitrogens with two attached hydrogens (primary N) is 1. The number of hydrogen-bond acceptors (Lipinski definition) is 2. The van der Waals surface area contributed by atoms with Crippen LogP contribution in [0.3, 0.4) is 0 Å². The second-order valence-electron chi connectivity index (χ2n) is 4.75. The van der Waals surface area contributed by atoms with Crippen molar-refractivity contribution in [2.45, 2.75) is 19.0 Å². The molecule has 106 valence electrons. The van der Waals surface area contributed by atoms with Gasteiger partial charge >= 0.3 is 0 Å². The van der Waals surface area contributed by atoms with E-state index in [9.17, 15) is 0 Å². The summed E-state index contributed by atoms with van der Waals surface area (Å²) in [5.41, 5.74) is 8.29. The van der Waals surface area contributed by atoms with E-state index in [4.69, 9.17) is 17.3 Å². The average molecular weight is 354 g/mol. The maximum absolute atomic E-state index is 5.98. The third-order valence-corrected chi connectivity index (χ3v) is 4.25. The Labute approximate surface area is 133 Å².